The van der Waals surface area contributed by atoms with E-state index in [4.69, 9.17) is 4.74 Å². The zero-order valence-corrected chi connectivity index (χ0v) is 15.3. The minimum Gasteiger partial charge on any atom is -0.425 e. The van der Waals surface area contributed by atoms with Gasteiger partial charge in [-0.2, -0.15) is 0 Å². The summed E-state index contributed by atoms with van der Waals surface area (Å²) in [5.41, 5.74) is 1.13. The third-order valence-electron chi connectivity index (χ3n) is 5.09. The Labute approximate surface area is 148 Å². The van der Waals surface area contributed by atoms with Crippen molar-refractivity contribution >= 4 is 5.97 Å². The van der Waals surface area contributed by atoms with Crippen LogP contribution in [0.3, 0.4) is 0 Å². The van der Waals surface area contributed by atoms with Gasteiger partial charge in [-0.25, -0.2) is 0 Å². The van der Waals surface area contributed by atoms with E-state index in [-0.39, 0.29) is 11.9 Å². The quantitative estimate of drug-likeness (QED) is 0.287. The Kier molecular flexibility index (Phi) is 8.94. The summed E-state index contributed by atoms with van der Waals surface area (Å²) in [4.78, 5) is 12.4. The number of carbonyl (C=O) groups excluding carboxylic acids is 1. The van der Waals surface area contributed by atoms with E-state index in [1.807, 2.05) is 12.1 Å². The Morgan fingerprint density at radius 3 is 2.54 bits per heavy atom. The van der Waals surface area contributed by atoms with Crippen LogP contribution in [0.15, 0.2) is 18.2 Å². The smallest absolute Gasteiger partial charge is 0.314 e. The first-order chi connectivity index (χ1) is 11.8. The molecule has 2 heteroatoms. The van der Waals surface area contributed by atoms with Gasteiger partial charge < -0.3 is 4.74 Å². The van der Waals surface area contributed by atoms with E-state index < -0.39 is 0 Å². The summed E-state index contributed by atoms with van der Waals surface area (Å²) in [6, 6.07) is 9.05. The molecule has 1 aromatic rings. The molecule has 0 heterocycles. The van der Waals surface area contributed by atoms with Gasteiger partial charge in [0.15, 0.2) is 0 Å². The fourth-order valence-electron chi connectivity index (χ4n) is 3.54. The fraction of sp³-hybridized carbons (Fsp3) is 0.682. The van der Waals surface area contributed by atoms with Crippen LogP contribution in [0, 0.1) is 12.0 Å². The van der Waals surface area contributed by atoms with Crippen molar-refractivity contribution in [1.82, 2.24) is 0 Å². The van der Waals surface area contributed by atoms with Crippen molar-refractivity contribution in [3.05, 3.63) is 29.8 Å². The summed E-state index contributed by atoms with van der Waals surface area (Å²) in [5.74, 6) is 0.718. The van der Waals surface area contributed by atoms with Gasteiger partial charge in [0.1, 0.15) is 5.75 Å². The summed E-state index contributed by atoms with van der Waals surface area (Å²) >= 11 is 0. The molecule has 1 radical (unpaired) electrons. The number of esters is 1. The van der Waals surface area contributed by atoms with Crippen LogP contribution in [0.2, 0.25) is 0 Å². The van der Waals surface area contributed by atoms with Gasteiger partial charge in [-0.1, -0.05) is 82.9 Å². The molecule has 1 aliphatic carbocycles. The molecule has 1 aromatic carbocycles. The third kappa shape index (κ3) is 6.67. The predicted octanol–water partition coefficient (Wildman–Crippen LogP) is 6.27. The summed E-state index contributed by atoms with van der Waals surface area (Å²) in [6.07, 6.45) is 15.6. The Morgan fingerprint density at radius 1 is 1.08 bits per heavy atom. The van der Waals surface area contributed by atoms with E-state index >= 15 is 0 Å². The highest BCUT2D eigenvalue weighted by molar-refractivity contribution is 5.75. The molecule has 0 aliphatic heterocycles. The Morgan fingerprint density at radius 2 is 1.79 bits per heavy atom. The molecule has 0 amide bonds. The van der Waals surface area contributed by atoms with Crippen LogP contribution < -0.4 is 4.74 Å². The van der Waals surface area contributed by atoms with E-state index in [0.29, 0.717) is 5.75 Å². The van der Waals surface area contributed by atoms with Crippen LogP contribution in [0.4, 0.5) is 0 Å². The van der Waals surface area contributed by atoms with E-state index in [1.165, 1.54) is 44.9 Å². The van der Waals surface area contributed by atoms with Crippen LogP contribution in [-0.4, -0.2) is 5.97 Å². The van der Waals surface area contributed by atoms with Crippen LogP contribution in [0.25, 0.3) is 0 Å². The molecule has 1 fully saturated rings. The van der Waals surface area contributed by atoms with Crippen molar-refractivity contribution in [3.63, 3.8) is 0 Å². The fourth-order valence-corrected chi connectivity index (χ4v) is 3.54. The molecule has 2 rings (SSSR count). The molecule has 1 aliphatic rings. The maximum absolute atomic E-state index is 12.4. The second kappa shape index (κ2) is 11.3. The standard InChI is InChI=1S/C22H33O2/c1-2-3-4-5-6-7-9-14-19-15-12-13-18-21(19)24-22(23)20-16-10-8-11-17-20/h12-13,15,20H,2-11,14,16-17H2,1H3. The molecule has 0 atom stereocenters. The minimum atomic E-state index is -0.0436. The number of unbranched alkanes of at least 4 members (excludes halogenated alkanes) is 6. The van der Waals surface area contributed by atoms with Crippen molar-refractivity contribution < 1.29 is 9.53 Å². The van der Waals surface area contributed by atoms with Gasteiger partial charge in [-0.05, 0) is 31.2 Å². The third-order valence-corrected chi connectivity index (χ3v) is 5.09. The molecular formula is C22H33O2. The lowest BCUT2D eigenvalue weighted by Crippen LogP contribution is -2.23. The van der Waals surface area contributed by atoms with Gasteiger partial charge in [0.05, 0.1) is 5.92 Å². The van der Waals surface area contributed by atoms with Gasteiger partial charge >= 0.3 is 5.97 Å². The molecule has 0 bridgehead atoms. The highest BCUT2D eigenvalue weighted by atomic mass is 16.5. The Balaban J connectivity index is 1.76. The maximum Gasteiger partial charge on any atom is 0.314 e. The van der Waals surface area contributed by atoms with E-state index in [1.54, 1.807) is 0 Å². The molecule has 133 valence electrons. The van der Waals surface area contributed by atoms with Crippen LogP contribution in [0.1, 0.15) is 89.5 Å². The van der Waals surface area contributed by atoms with E-state index in [9.17, 15) is 4.79 Å². The number of carbonyl (C=O) groups is 1. The van der Waals surface area contributed by atoms with E-state index in [2.05, 4.69) is 19.1 Å². The first kappa shape index (κ1) is 19.0. The molecule has 0 saturated heterocycles. The second-order valence-corrected chi connectivity index (χ2v) is 7.15. The number of para-hydroxylation sites is 1. The Bertz CT molecular complexity index is 475. The molecule has 0 spiro atoms. The van der Waals surface area contributed by atoms with Crippen molar-refractivity contribution in [2.45, 2.75) is 90.4 Å². The first-order valence-corrected chi connectivity index (χ1v) is 10.0. The topological polar surface area (TPSA) is 26.3 Å². The lowest BCUT2D eigenvalue weighted by Gasteiger charge is -2.20. The van der Waals surface area contributed by atoms with Gasteiger partial charge in [-0.15, -0.1) is 0 Å². The maximum atomic E-state index is 12.4. The predicted molar refractivity (Wildman–Crippen MR) is 99.2 cm³/mol. The van der Waals surface area contributed by atoms with Crippen molar-refractivity contribution in [2.75, 3.05) is 0 Å². The zero-order valence-electron chi connectivity index (χ0n) is 15.3. The van der Waals surface area contributed by atoms with Crippen molar-refractivity contribution in [2.24, 2.45) is 5.92 Å². The largest absolute Gasteiger partial charge is 0.425 e. The molecule has 1 saturated carbocycles. The summed E-state index contributed by atoms with van der Waals surface area (Å²) in [6.45, 7) is 2.25. The molecular weight excluding hydrogens is 296 g/mol. The monoisotopic (exact) mass is 329 g/mol. The lowest BCUT2D eigenvalue weighted by atomic mass is 9.89. The second-order valence-electron chi connectivity index (χ2n) is 7.15. The lowest BCUT2D eigenvalue weighted by molar-refractivity contribution is -0.140. The number of hydrogen-bond donors (Lipinski definition) is 0. The SMILES string of the molecule is CCCCCCCCCc1ccc[c]c1OC(=O)C1CCCCC1. The van der Waals surface area contributed by atoms with Crippen molar-refractivity contribution in [1.29, 1.82) is 0 Å². The minimum absolute atomic E-state index is 0.0436. The van der Waals surface area contributed by atoms with Gasteiger partial charge in [0, 0.05) is 6.07 Å². The molecule has 0 aromatic heterocycles. The number of aryl methyl sites for hydroxylation is 1. The van der Waals surface area contributed by atoms with Crippen LogP contribution in [-0.2, 0) is 11.2 Å². The summed E-state index contributed by atoms with van der Waals surface area (Å²) in [5, 5.41) is 0. The number of benzene rings is 1. The molecule has 0 unspecified atom stereocenters. The van der Waals surface area contributed by atoms with Gasteiger partial charge in [0.2, 0.25) is 0 Å². The molecule has 2 nitrogen and oxygen atoms in total. The Hall–Kier alpha value is -1.31. The number of ether oxygens (including phenoxy) is 1. The number of hydrogen-bond acceptors (Lipinski definition) is 2. The summed E-state index contributed by atoms with van der Waals surface area (Å²) < 4.78 is 5.70. The summed E-state index contributed by atoms with van der Waals surface area (Å²) in [7, 11) is 0. The average molecular weight is 330 g/mol. The van der Waals surface area contributed by atoms with E-state index in [0.717, 1.165) is 44.1 Å². The average Bonchev–Trinajstić information content (AvgIpc) is 2.63. The van der Waals surface area contributed by atoms with Crippen molar-refractivity contribution in [3.8, 4) is 5.75 Å². The van der Waals surface area contributed by atoms with Crippen LogP contribution in [0.5, 0.6) is 5.75 Å². The highest BCUT2D eigenvalue weighted by Gasteiger charge is 2.23. The molecule has 0 N–H and O–H groups in total. The van der Waals surface area contributed by atoms with Gasteiger partial charge in [0.25, 0.3) is 0 Å². The molecule has 24 heavy (non-hydrogen) atoms. The van der Waals surface area contributed by atoms with Gasteiger partial charge in [-0.3, -0.25) is 4.79 Å². The number of rotatable bonds is 10. The first-order valence-electron chi connectivity index (χ1n) is 10.0. The zero-order chi connectivity index (χ0) is 17.0. The normalized spacial score (nSPS) is 15.4. The van der Waals surface area contributed by atoms with Crippen LogP contribution >= 0.6 is 0 Å². The highest BCUT2D eigenvalue weighted by Crippen LogP contribution is 2.27.